The molecule has 1 atom stereocenters. The average Bonchev–Trinajstić information content (AvgIpc) is 2.43. The van der Waals surface area contributed by atoms with Crippen LogP contribution in [-0.4, -0.2) is 17.8 Å². The zero-order valence-electron chi connectivity index (χ0n) is 11.4. The van der Waals surface area contributed by atoms with E-state index in [0.717, 1.165) is 5.56 Å². The van der Waals surface area contributed by atoms with Gasteiger partial charge in [-0.05, 0) is 18.9 Å². The van der Waals surface area contributed by atoms with E-state index >= 15 is 0 Å². The molecule has 0 saturated heterocycles. The third-order valence-corrected chi connectivity index (χ3v) is 2.75. The van der Waals surface area contributed by atoms with Crippen molar-refractivity contribution in [2.75, 3.05) is 0 Å². The molecule has 1 amide bonds. The van der Waals surface area contributed by atoms with E-state index in [9.17, 15) is 18.0 Å². The Morgan fingerprint density at radius 1 is 1.29 bits per heavy atom. The molecule has 0 aliphatic heterocycles. The Labute approximate surface area is 120 Å². The lowest BCUT2D eigenvalue weighted by Crippen LogP contribution is -2.45. The third-order valence-electron chi connectivity index (χ3n) is 2.75. The summed E-state index contributed by atoms with van der Waals surface area (Å²) in [4.78, 5) is 11.5. The molecule has 0 aliphatic carbocycles. The summed E-state index contributed by atoms with van der Waals surface area (Å²) >= 11 is 0. The Morgan fingerprint density at radius 3 is 2.43 bits per heavy atom. The smallest absolute Gasteiger partial charge is 0.408 e. The van der Waals surface area contributed by atoms with Gasteiger partial charge in [-0.3, -0.25) is 0 Å². The van der Waals surface area contributed by atoms with Crippen molar-refractivity contribution in [2.24, 2.45) is 0 Å². The molecule has 0 unspecified atom stereocenters. The number of ether oxygens (including phenoxy) is 1. The fourth-order valence-corrected chi connectivity index (χ4v) is 1.52. The SMILES string of the molecule is C[C@](C#N)(CCC(F)(F)F)NC(=O)OCc1ccccc1. The van der Waals surface area contributed by atoms with Gasteiger partial charge in [-0.15, -0.1) is 0 Å². The number of halogens is 3. The fraction of sp³-hybridized carbons (Fsp3) is 0.429. The first kappa shape index (κ1) is 16.8. The van der Waals surface area contributed by atoms with E-state index in [-0.39, 0.29) is 6.61 Å². The Bertz CT molecular complexity index is 511. The number of alkyl halides is 3. The number of amides is 1. The summed E-state index contributed by atoms with van der Waals surface area (Å²) in [5, 5.41) is 11.1. The molecule has 0 aromatic heterocycles. The van der Waals surface area contributed by atoms with Crippen LogP contribution in [0.3, 0.4) is 0 Å². The summed E-state index contributed by atoms with van der Waals surface area (Å²) in [5.41, 5.74) is -0.884. The summed E-state index contributed by atoms with van der Waals surface area (Å²) in [7, 11) is 0. The van der Waals surface area contributed by atoms with Gasteiger partial charge in [-0.2, -0.15) is 18.4 Å². The van der Waals surface area contributed by atoms with E-state index in [1.165, 1.54) is 6.92 Å². The second-order valence-electron chi connectivity index (χ2n) is 4.75. The standard InChI is InChI=1S/C14H15F3N2O2/c1-13(10-18,7-8-14(15,16)17)19-12(20)21-9-11-5-3-2-4-6-11/h2-6H,7-9H2,1H3,(H,19,20)/t13-/m1/s1. The van der Waals surface area contributed by atoms with Gasteiger partial charge in [-0.1, -0.05) is 30.3 Å². The molecule has 114 valence electrons. The molecule has 21 heavy (non-hydrogen) atoms. The number of benzene rings is 1. The first-order valence-electron chi connectivity index (χ1n) is 6.21. The topological polar surface area (TPSA) is 62.1 Å². The van der Waals surface area contributed by atoms with Crippen LogP contribution >= 0.6 is 0 Å². The second-order valence-corrected chi connectivity index (χ2v) is 4.75. The van der Waals surface area contributed by atoms with Crippen LogP contribution in [0.1, 0.15) is 25.3 Å². The van der Waals surface area contributed by atoms with Crippen LogP contribution in [-0.2, 0) is 11.3 Å². The van der Waals surface area contributed by atoms with Crippen molar-refractivity contribution in [1.82, 2.24) is 5.32 Å². The highest BCUT2D eigenvalue weighted by Crippen LogP contribution is 2.25. The lowest BCUT2D eigenvalue weighted by molar-refractivity contribution is -0.137. The molecule has 0 spiro atoms. The Kier molecular flexibility index (Phi) is 5.59. The van der Waals surface area contributed by atoms with Gasteiger partial charge in [0.1, 0.15) is 12.1 Å². The highest BCUT2D eigenvalue weighted by Gasteiger charge is 2.34. The monoisotopic (exact) mass is 300 g/mol. The molecule has 1 N–H and O–H groups in total. The third kappa shape index (κ3) is 6.65. The molecule has 4 nitrogen and oxygen atoms in total. The van der Waals surface area contributed by atoms with Gasteiger partial charge in [0, 0.05) is 6.42 Å². The largest absolute Gasteiger partial charge is 0.445 e. The van der Waals surface area contributed by atoms with Gasteiger partial charge in [-0.25, -0.2) is 4.79 Å². The molecule has 1 rings (SSSR count). The fourth-order valence-electron chi connectivity index (χ4n) is 1.52. The number of nitriles is 1. The van der Waals surface area contributed by atoms with Crippen LogP contribution in [0.25, 0.3) is 0 Å². The molecule has 7 heteroatoms. The zero-order chi connectivity index (χ0) is 15.9. The Hall–Kier alpha value is -2.23. The predicted octanol–water partition coefficient (Wildman–Crippen LogP) is 3.54. The average molecular weight is 300 g/mol. The van der Waals surface area contributed by atoms with E-state index in [2.05, 4.69) is 5.32 Å². The van der Waals surface area contributed by atoms with Crippen molar-refractivity contribution in [3.8, 4) is 6.07 Å². The minimum Gasteiger partial charge on any atom is -0.445 e. The maximum Gasteiger partial charge on any atom is 0.408 e. The minimum atomic E-state index is -4.38. The summed E-state index contributed by atoms with van der Waals surface area (Å²) < 4.78 is 41.4. The molecular formula is C14H15F3N2O2. The first-order valence-corrected chi connectivity index (χ1v) is 6.21. The number of hydrogen-bond donors (Lipinski definition) is 1. The van der Waals surface area contributed by atoms with Gasteiger partial charge in [0.2, 0.25) is 0 Å². The molecular weight excluding hydrogens is 285 g/mol. The zero-order valence-corrected chi connectivity index (χ0v) is 11.4. The van der Waals surface area contributed by atoms with Crippen molar-refractivity contribution in [1.29, 1.82) is 5.26 Å². The van der Waals surface area contributed by atoms with Gasteiger partial charge >= 0.3 is 12.3 Å². The number of rotatable bonds is 5. The molecule has 0 saturated carbocycles. The minimum absolute atomic E-state index is 0.0204. The Balaban J connectivity index is 2.49. The first-order chi connectivity index (χ1) is 9.74. The number of hydrogen-bond acceptors (Lipinski definition) is 3. The summed E-state index contributed by atoms with van der Waals surface area (Å²) in [5.74, 6) is 0. The number of alkyl carbamates (subject to hydrolysis) is 1. The molecule has 1 aromatic carbocycles. The van der Waals surface area contributed by atoms with Crippen LogP contribution in [0, 0.1) is 11.3 Å². The normalized spacial score (nSPS) is 13.9. The highest BCUT2D eigenvalue weighted by atomic mass is 19.4. The van der Waals surface area contributed by atoms with Gasteiger partial charge in [0.15, 0.2) is 0 Å². The Morgan fingerprint density at radius 2 is 1.90 bits per heavy atom. The van der Waals surface area contributed by atoms with E-state index < -0.39 is 30.7 Å². The van der Waals surface area contributed by atoms with E-state index in [1.54, 1.807) is 36.4 Å². The van der Waals surface area contributed by atoms with Crippen molar-refractivity contribution >= 4 is 6.09 Å². The van der Waals surface area contributed by atoms with Crippen LogP contribution in [0.5, 0.6) is 0 Å². The maximum atomic E-state index is 12.2. The predicted molar refractivity (Wildman–Crippen MR) is 69.1 cm³/mol. The molecule has 0 radical (unpaired) electrons. The van der Waals surface area contributed by atoms with Crippen molar-refractivity contribution in [2.45, 2.75) is 38.1 Å². The number of nitrogens with one attached hydrogen (secondary N) is 1. The van der Waals surface area contributed by atoms with Crippen LogP contribution < -0.4 is 5.32 Å². The van der Waals surface area contributed by atoms with Gasteiger partial charge in [0.05, 0.1) is 6.07 Å². The number of carbonyl (C=O) groups excluding carboxylic acids is 1. The summed E-state index contributed by atoms with van der Waals surface area (Å²) in [6.07, 6.45) is -7.00. The summed E-state index contributed by atoms with van der Waals surface area (Å²) in [6, 6.07) is 10.5. The molecule has 0 aliphatic rings. The van der Waals surface area contributed by atoms with E-state index in [1.807, 2.05) is 0 Å². The molecule has 0 heterocycles. The highest BCUT2D eigenvalue weighted by molar-refractivity contribution is 5.68. The van der Waals surface area contributed by atoms with E-state index in [0.29, 0.717) is 0 Å². The molecule has 0 bridgehead atoms. The quantitative estimate of drug-likeness (QED) is 0.904. The van der Waals surface area contributed by atoms with Crippen LogP contribution in [0.4, 0.5) is 18.0 Å². The summed E-state index contributed by atoms with van der Waals surface area (Å²) in [6.45, 7) is 1.20. The lowest BCUT2D eigenvalue weighted by atomic mass is 9.98. The van der Waals surface area contributed by atoms with Crippen LogP contribution in [0.15, 0.2) is 30.3 Å². The van der Waals surface area contributed by atoms with Crippen molar-refractivity contribution < 1.29 is 22.7 Å². The molecule has 0 fully saturated rings. The number of carbonyl (C=O) groups is 1. The maximum absolute atomic E-state index is 12.2. The van der Waals surface area contributed by atoms with Gasteiger partial charge < -0.3 is 10.1 Å². The molecule has 1 aromatic rings. The van der Waals surface area contributed by atoms with Crippen molar-refractivity contribution in [3.05, 3.63) is 35.9 Å². The lowest BCUT2D eigenvalue weighted by Gasteiger charge is -2.23. The number of nitrogens with zero attached hydrogens (tertiary/aromatic N) is 1. The second kappa shape index (κ2) is 6.97. The van der Waals surface area contributed by atoms with E-state index in [4.69, 9.17) is 10.00 Å². The van der Waals surface area contributed by atoms with Crippen LogP contribution in [0.2, 0.25) is 0 Å². The van der Waals surface area contributed by atoms with Gasteiger partial charge in [0.25, 0.3) is 0 Å². The van der Waals surface area contributed by atoms with Crippen molar-refractivity contribution in [3.63, 3.8) is 0 Å².